The highest BCUT2D eigenvalue weighted by atomic mass is 16.5. The normalized spacial score (nSPS) is 18.3. The van der Waals surface area contributed by atoms with E-state index in [1.807, 2.05) is 44.9 Å². The molecule has 0 unspecified atom stereocenters. The average molecular weight is 453 g/mol. The molecule has 0 spiro atoms. The molecule has 178 valence electrons. The number of hydrogen-bond acceptors (Lipinski definition) is 7. The van der Waals surface area contributed by atoms with Crippen LogP contribution in [-0.4, -0.2) is 71.1 Å². The third-order valence-electron chi connectivity index (χ3n) is 6.24. The molecular weight excluding hydrogens is 416 g/mol. The van der Waals surface area contributed by atoms with Crippen molar-refractivity contribution in [3.05, 3.63) is 29.6 Å². The van der Waals surface area contributed by atoms with Crippen molar-refractivity contribution in [1.29, 1.82) is 0 Å². The van der Waals surface area contributed by atoms with Gasteiger partial charge in [0.2, 0.25) is 5.91 Å². The number of rotatable bonds is 7. The van der Waals surface area contributed by atoms with E-state index in [4.69, 9.17) is 14.7 Å². The van der Waals surface area contributed by atoms with Gasteiger partial charge in [0.15, 0.2) is 5.82 Å². The predicted molar refractivity (Wildman–Crippen MR) is 130 cm³/mol. The second-order valence-corrected chi connectivity index (χ2v) is 10.3. The third kappa shape index (κ3) is 5.79. The molecule has 0 aromatic carbocycles. The molecule has 0 bridgehead atoms. The minimum atomic E-state index is -0.269. The van der Waals surface area contributed by atoms with Gasteiger partial charge < -0.3 is 19.9 Å². The number of aryl methyl sites for hydroxylation is 1. The topological polar surface area (TPSA) is 83.5 Å². The summed E-state index contributed by atoms with van der Waals surface area (Å²) in [6.07, 6.45) is 7.04. The number of nitrogens with zero attached hydrogens (tertiary/aromatic N) is 5. The number of nitrogens with one attached hydrogen (secondary N) is 1. The van der Waals surface area contributed by atoms with Gasteiger partial charge in [-0.25, -0.2) is 9.97 Å². The zero-order valence-electron chi connectivity index (χ0n) is 20.5. The standard InChI is InChI=1S/C25H36N6O2/c1-25(2,3)29-22(32)15-31(5)24-19-9-6-10-20(19)27-23(28-24)21-14-18(11-12-26-21)33-16-17-8-7-13-30(17)4/h11-12,14,17H,6-10,13,15-16H2,1-5H3,(H,29,32)/t17-/m1/s1. The van der Waals surface area contributed by atoms with Gasteiger partial charge in [-0.2, -0.15) is 0 Å². The summed E-state index contributed by atoms with van der Waals surface area (Å²) in [4.78, 5) is 31.0. The van der Waals surface area contributed by atoms with E-state index in [0.29, 0.717) is 24.2 Å². The lowest BCUT2D eigenvalue weighted by Crippen LogP contribution is -2.45. The molecule has 0 radical (unpaired) electrons. The van der Waals surface area contributed by atoms with E-state index >= 15 is 0 Å². The van der Waals surface area contributed by atoms with Gasteiger partial charge in [-0.1, -0.05) is 0 Å². The first-order valence-electron chi connectivity index (χ1n) is 11.9. The number of aromatic nitrogens is 3. The highest BCUT2D eigenvalue weighted by Gasteiger charge is 2.25. The summed E-state index contributed by atoms with van der Waals surface area (Å²) in [7, 11) is 4.06. The maximum Gasteiger partial charge on any atom is 0.239 e. The van der Waals surface area contributed by atoms with Crippen LogP contribution in [0, 0.1) is 0 Å². The van der Waals surface area contributed by atoms with E-state index < -0.39 is 0 Å². The number of ether oxygens (including phenoxy) is 1. The number of fused-ring (bicyclic) bond motifs is 1. The van der Waals surface area contributed by atoms with Gasteiger partial charge in [0.1, 0.15) is 23.9 Å². The number of pyridine rings is 1. The van der Waals surface area contributed by atoms with Crippen molar-refractivity contribution in [2.45, 2.75) is 64.5 Å². The fourth-order valence-corrected chi connectivity index (χ4v) is 4.60. The molecule has 3 heterocycles. The van der Waals surface area contributed by atoms with Crippen LogP contribution in [-0.2, 0) is 17.6 Å². The smallest absolute Gasteiger partial charge is 0.239 e. The fourth-order valence-electron chi connectivity index (χ4n) is 4.60. The first-order valence-corrected chi connectivity index (χ1v) is 11.9. The molecule has 2 aliphatic rings. The van der Waals surface area contributed by atoms with Crippen molar-refractivity contribution in [2.24, 2.45) is 0 Å². The van der Waals surface area contributed by atoms with E-state index in [1.165, 1.54) is 12.8 Å². The van der Waals surface area contributed by atoms with E-state index in [0.717, 1.165) is 48.6 Å². The van der Waals surface area contributed by atoms with Crippen LogP contribution in [0.25, 0.3) is 11.5 Å². The van der Waals surface area contributed by atoms with Gasteiger partial charge in [0.05, 0.1) is 6.54 Å². The van der Waals surface area contributed by atoms with Crippen LogP contribution in [0.2, 0.25) is 0 Å². The number of carbonyl (C=O) groups is 1. The summed E-state index contributed by atoms with van der Waals surface area (Å²) in [6, 6.07) is 4.26. The van der Waals surface area contributed by atoms with Gasteiger partial charge in [0, 0.05) is 42.1 Å². The van der Waals surface area contributed by atoms with Crippen LogP contribution in [0.1, 0.15) is 51.3 Å². The highest BCUT2D eigenvalue weighted by molar-refractivity contribution is 5.82. The highest BCUT2D eigenvalue weighted by Crippen LogP contribution is 2.31. The lowest BCUT2D eigenvalue weighted by Gasteiger charge is -2.25. The van der Waals surface area contributed by atoms with Crippen molar-refractivity contribution < 1.29 is 9.53 Å². The summed E-state index contributed by atoms with van der Waals surface area (Å²) >= 11 is 0. The summed E-state index contributed by atoms with van der Waals surface area (Å²) in [5.41, 5.74) is 2.62. The Kier molecular flexibility index (Phi) is 6.83. The number of likely N-dealkylation sites (tertiary alicyclic amines) is 1. The maximum atomic E-state index is 12.5. The molecule has 0 saturated carbocycles. The second kappa shape index (κ2) is 9.63. The van der Waals surface area contributed by atoms with E-state index in [1.54, 1.807) is 6.20 Å². The Morgan fingerprint density at radius 2 is 2.09 bits per heavy atom. The third-order valence-corrected chi connectivity index (χ3v) is 6.24. The molecule has 8 nitrogen and oxygen atoms in total. The lowest BCUT2D eigenvalue weighted by molar-refractivity contribution is -0.121. The fraction of sp³-hybridized carbons (Fsp3) is 0.600. The van der Waals surface area contributed by atoms with Gasteiger partial charge >= 0.3 is 0 Å². The first kappa shape index (κ1) is 23.4. The van der Waals surface area contributed by atoms with Crippen molar-refractivity contribution in [3.63, 3.8) is 0 Å². The van der Waals surface area contributed by atoms with Gasteiger partial charge in [-0.15, -0.1) is 0 Å². The Bertz CT molecular complexity index is 1000. The van der Waals surface area contributed by atoms with Crippen LogP contribution < -0.4 is 15.0 Å². The Hall–Kier alpha value is -2.74. The van der Waals surface area contributed by atoms with E-state index in [9.17, 15) is 4.79 Å². The first-order chi connectivity index (χ1) is 15.7. The summed E-state index contributed by atoms with van der Waals surface area (Å²) in [5, 5.41) is 3.03. The lowest BCUT2D eigenvalue weighted by atomic mass is 10.1. The Balaban J connectivity index is 1.54. The van der Waals surface area contributed by atoms with Crippen molar-refractivity contribution in [2.75, 3.05) is 38.7 Å². The number of hydrogen-bond donors (Lipinski definition) is 1. The molecular formula is C25H36N6O2. The number of likely N-dealkylation sites (N-methyl/N-ethyl adjacent to an activating group) is 2. The molecule has 4 rings (SSSR count). The average Bonchev–Trinajstić information content (AvgIpc) is 3.38. The molecule has 8 heteroatoms. The number of amides is 1. The van der Waals surface area contributed by atoms with Gasteiger partial charge in [-0.05, 0) is 72.5 Å². The molecule has 1 fully saturated rings. The molecule has 2 aromatic rings. The Morgan fingerprint density at radius 1 is 1.27 bits per heavy atom. The molecule has 1 saturated heterocycles. The Labute approximate surface area is 196 Å². The predicted octanol–water partition coefficient (Wildman–Crippen LogP) is 2.85. The van der Waals surface area contributed by atoms with Gasteiger partial charge in [0.25, 0.3) is 0 Å². The van der Waals surface area contributed by atoms with Crippen LogP contribution in [0.3, 0.4) is 0 Å². The van der Waals surface area contributed by atoms with Crippen LogP contribution in [0.4, 0.5) is 5.82 Å². The number of carbonyl (C=O) groups excluding carboxylic acids is 1. The zero-order valence-corrected chi connectivity index (χ0v) is 20.5. The van der Waals surface area contributed by atoms with Crippen molar-refractivity contribution in [3.8, 4) is 17.3 Å². The molecule has 1 aliphatic heterocycles. The summed E-state index contributed by atoms with van der Waals surface area (Å²) in [5.74, 6) is 2.15. The van der Waals surface area contributed by atoms with Crippen LogP contribution in [0.5, 0.6) is 5.75 Å². The monoisotopic (exact) mass is 452 g/mol. The van der Waals surface area contributed by atoms with E-state index in [-0.39, 0.29) is 18.0 Å². The second-order valence-electron chi connectivity index (χ2n) is 10.3. The van der Waals surface area contributed by atoms with Crippen LogP contribution >= 0.6 is 0 Å². The molecule has 1 aliphatic carbocycles. The quantitative estimate of drug-likeness (QED) is 0.692. The number of anilines is 1. The molecule has 1 N–H and O–H groups in total. The summed E-state index contributed by atoms with van der Waals surface area (Å²) < 4.78 is 6.09. The van der Waals surface area contributed by atoms with Crippen LogP contribution in [0.15, 0.2) is 18.3 Å². The van der Waals surface area contributed by atoms with E-state index in [2.05, 4.69) is 22.2 Å². The Morgan fingerprint density at radius 3 is 2.82 bits per heavy atom. The molecule has 1 amide bonds. The van der Waals surface area contributed by atoms with Crippen molar-refractivity contribution >= 4 is 11.7 Å². The SMILES string of the molecule is CN(CC(=O)NC(C)(C)C)c1nc(-c2cc(OC[C@H]3CCCN3C)ccn2)nc2c1CCC2. The maximum absolute atomic E-state index is 12.5. The molecule has 33 heavy (non-hydrogen) atoms. The molecule has 1 atom stereocenters. The van der Waals surface area contributed by atoms with Gasteiger partial charge in [-0.3, -0.25) is 9.78 Å². The largest absolute Gasteiger partial charge is 0.492 e. The van der Waals surface area contributed by atoms with Crippen molar-refractivity contribution in [1.82, 2.24) is 25.2 Å². The molecule has 2 aromatic heterocycles. The zero-order chi connectivity index (χ0) is 23.6. The summed E-state index contributed by atoms with van der Waals surface area (Å²) in [6.45, 7) is 7.99. The minimum Gasteiger partial charge on any atom is -0.492 e. The minimum absolute atomic E-state index is 0.0256.